The van der Waals surface area contributed by atoms with Crippen LogP contribution in [0.1, 0.15) is 26.3 Å². The molecular weight excluding hydrogens is 244 g/mol. The van der Waals surface area contributed by atoms with Crippen molar-refractivity contribution >= 4 is 12.0 Å². The van der Waals surface area contributed by atoms with Crippen molar-refractivity contribution in [3.05, 3.63) is 35.9 Å². The number of nitrogens with one attached hydrogen (secondary N) is 2. The van der Waals surface area contributed by atoms with Crippen LogP contribution in [-0.4, -0.2) is 23.1 Å². The largest absolute Gasteiger partial charge is 0.480 e. The summed E-state index contributed by atoms with van der Waals surface area (Å²) in [5, 5.41) is 14.2. The zero-order chi connectivity index (χ0) is 14.5. The molecular formula is C14H20N2O3. The van der Waals surface area contributed by atoms with Crippen LogP contribution in [0.25, 0.3) is 0 Å². The molecule has 0 radical (unpaired) electrons. The zero-order valence-electron chi connectivity index (χ0n) is 11.4. The van der Waals surface area contributed by atoms with Gasteiger partial charge >= 0.3 is 12.0 Å². The second-order valence-corrected chi connectivity index (χ2v) is 5.45. The summed E-state index contributed by atoms with van der Waals surface area (Å²) in [6.07, 6.45) is 0. The molecule has 19 heavy (non-hydrogen) atoms. The lowest BCUT2D eigenvalue weighted by molar-refractivity contribution is -0.141. The molecule has 1 atom stereocenters. The van der Waals surface area contributed by atoms with E-state index in [1.54, 1.807) is 20.8 Å². The van der Waals surface area contributed by atoms with Crippen molar-refractivity contribution in [3.63, 3.8) is 0 Å². The first kappa shape index (κ1) is 15.0. The molecule has 3 N–H and O–H groups in total. The molecule has 5 heteroatoms. The molecule has 0 aliphatic heterocycles. The van der Waals surface area contributed by atoms with Crippen LogP contribution >= 0.6 is 0 Å². The van der Waals surface area contributed by atoms with Crippen molar-refractivity contribution in [2.24, 2.45) is 5.41 Å². The lowest BCUT2D eigenvalue weighted by Crippen LogP contribution is -2.52. The summed E-state index contributed by atoms with van der Waals surface area (Å²) in [6, 6.07) is 8.02. The van der Waals surface area contributed by atoms with Crippen molar-refractivity contribution in [2.75, 3.05) is 0 Å². The quantitative estimate of drug-likeness (QED) is 0.778. The minimum atomic E-state index is -1.04. The second kappa shape index (κ2) is 6.22. The Bertz CT molecular complexity index is 438. The van der Waals surface area contributed by atoms with E-state index >= 15 is 0 Å². The van der Waals surface area contributed by atoms with E-state index in [0.717, 1.165) is 5.56 Å². The molecule has 0 heterocycles. The molecule has 2 amide bonds. The predicted molar refractivity (Wildman–Crippen MR) is 72.7 cm³/mol. The van der Waals surface area contributed by atoms with E-state index < -0.39 is 23.5 Å². The Hall–Kier alpha value is -2.04. The molecule has 104 valence electrons. The minimum Gasteiger partial charge on any atom is -0.480 e. The van der Waals surface area contributed by atoms with Gasteiger partial charge in [-0.3, -0.25) is 0 Å². The molecule has 0 aliphatic carbocycles. The van der Waals surface area contributed by atoms with Crippen LogP contribution in [0.5, 0.6) is 0 Å². The fourth-order valence-corrected chi connectivity index (χ4v) is 1.61. The topological polar surface area (TPSA) is 78.4 Å². The van der Waals surface area contributed by atoms with Gasteiger partial charge in [0.15, 0.2) is 0 Å². The van der Waals surface area contributed by atoms with Gasteiger partial charge in [-0.25, -0.2) is 9.59 Å². The third kappa shape index (κ3) is 4.99. The van der Waals surface area contributed by atoms with Gasteiger partial charge in [-0.15, -0.1) is 0 Å². The van der Waals surface area contributed by atoms with E-state index in [1.165, 1.54) is 0 Å². The molecule has 0 aliphatic rings. The summed E-state index contributed by atoms with van der Waals surface area (Å²) in [5.74, 6) is -1.04. The minimum absolute atomic E-state index is 0.364. The van der Waals surface area contributed by atoms with Gasteiger partial charge in [-0.05, 0) is 11.0 Å². The summed E-state index contributed by atoms with van der Waals surface area (Å²) in [4.78, 5) is 22.8. The highest BCUT2D eigenvalue weighted by Crippen LogP contribution is 2.19. The number of aliphatic carboxylic acids is 1. The van der Waals surface area contributed by atoms with E-state index in [1.807, 2.05) is 30.3 Å². The van der Waals surface area contributed by atoms with Gasteiger partial charge in [-0.1, -0.05) is 51.1 Å². The SMILES string of the molecule is CC(C)(C)C(NC(=O)NCc1ccccc1)C(=O)O. The Balaban J connectivity index is 2.52. The van der Waals surface area contributed by atoms with Crippen molar-refractivity contribution in [2.45, 2.75) is 33.4 Å². The van der Waals surface area contributed by atoms with Crippen LogP contribution < -0.4 is 10.6 Å². The first-order valence-corrected chi connectivity index (χ1v) is 6.12. The molecule has 1 rings (SSSR count). The lowest BCUT2D eigenvalue weighted by atomic mass is 9.87. The number of amides is 2. The van der Waals surface area contributed by atoms with Crippen molar-refractivity contribution in [3.8, 4) is 0 Å². The highest BCUT2D eigenvalue weighted by molar-refractivity contribution is 5.83. The lowest BCUT2D eigenvalue weighted by Gasteiger charge is -2.27. The Morgan fingerprint density at radius 3 is 2.26 bits per heavy atom. The summed E-state index contributed by atoms with van der Waals surface area (Å²) in [5.41, 5.74) is 0.413. The first-order valence-electron chi connectivity index (χ1n) is 6.12. The van der Waals surface area contributed by atoms with Crippen molar-refractivity contribution < 1.29 is 14.7 Å². The average Bonchev–Trinajstić information content (AvgIpc) is 2.33. The number of carboxylic acids is 1. The monoisotopic (exact) mass is 264 g/mol. The molecule has 1 aromatic rings. The Morgan fingerprint density at radius 1 is 1.21 bits per heavy atom. The number of carbonyl (C=O) groups excluding carboxylic acids is 1. The third-order valence-electron chi connectivity index (χ3n) is 2.68. The van der Waals surface area contributed by atoms with Crippen LogP contribution in [0.2, 0.25) is 0 Å². The van der Waals surface area contributed by atoms with Gasteiger partial charge in [0, 0.05) is 6.54 Å². The second-order valence-electron chi connectivity index (χ2n) is 5.45. The molecule has 1 unspecified atom stereocenters. The maximum absolute atomic E-state index is 11.7. The molecule has 0 bridgehead atoms. The predicted octanol–water partition coefficient (Wildman–Crippen LogP) is 1.99. The van der Waals surface area contributed by atoms with E-state index in [4.69, 9.17) is 5.11 Å². The molecule has 0 spiro atoms. The number of carbonyl (C=O) groups is 2. The maximum atomic E-state index is 11.7. The normalized spacial score (nSPS) is 12.6. The van der Waals surface area contributed by atoms with Crippen LogP contribution in [0.4, 0.5) is 4.79 Å². The summed E-state index contributed by atoms with van der Waals surface area (Å²) in [7, 11) is 0. The summed E-state index contributed by atoms with van der Waals surface area (Å²) >= 11 is 0. The maximum Gasteiger partial charge on any atom is 0.326 e. The van der Waals surface area contributed by atoms with E-state index in [-0.39, 0.29) is 0 Å². The molecule has 0 aromatic heterocycles. The number of hydrogen-bond acceptors (Lipinski definition) is 2. The number of carboxylic acid groups (broad SMARTS) is 1. The van der Waals surface area contributed by atoms with Gasteiger partial charge in [0.1, 0.15) is 6.04 Å². The molecule has 0 fully saturated rings. The van der Waals surface area contributed by atoms with Crippen molar-refractivity contribution in [1.29, 1.82) is 0 Å². The standard InChI is InChI=1S/C14H20N2O3/c1-14(2,3)11(12(17)18)16-13(19)15-9-10-7-5-4-6-8-10/h4-8,11H,9H2,1-3H3,(H,17,18)(H2,15,16,19). The Kier molecular flexibility index (Phi) is 4.92. The van der Waals surface area contributed by atoms with Crippen LogP contribution in [0, 0.1) is 5.41 Å². The number of rotatable bonds is 4. The Morgan fingerprint density at radius 2 is 1.79 bits per heavy atom. The van der Waals surface area contributed by atoms with E-state index in [9.17, 15) is 9.59 Å². The highest BCUT2D eigenvalue weighted by Gasteiger charge is 2.32. The first-order chi connectivity index (χ1) is 8.80. The van der Waals surface area contributed by atoms with Crippen LogP contribution in [0.3, 0.4) is 0 Å². The van der Waals surface area contributed by atoms with Crippen LogP contribution in [0.15, 0.2) is 30.3 Å². The number of benzene rings is 1. The van der Waals surface area contributed by atoms with Gasteiger partial charge in [0.2, 0.25) is 0 Å². The highest BCUT2D eigenvalue weighted by atomic mass is 16.4. The zero-order valence-corrected chi connectivity index (χ0v) is 11.4. The number of hydrogen-bond donors (Lipinski definition) is 3. The van der Waals surface area contributed by atoms with Crippen molar-refractivity contribution in [1.82, 2.24) is 10.6 Å². The molecule has 1 aromatic carbocycles. The average molecular weight is 264 g/mol. The molecule has 0 saturated heterocycles. The van der Waals surface area contributed by atoms with E-state index in [2.05, 4.69) is 10.6 Å². The van der Waals surface area contributed by atoms with Gasteiger partial charge < -0.3 is 15.7 Å². The van der Waals surface area contributed by atoms with Gasteiger partial charge in [-0.2, -0.15) is 0 Å². The Labute approximate surface area is 113 Å². The molecule has 0 saturated carbocycles. The summed E-state index contributed by atoms with van der Waals surface area (Å²) in [6.45, 7) is 5.67. The smallest absolute Gasteiger partial charge is 0.326 e. The fourth-order valence-electron chi connectivity index (χ4n) is 1.61. The van der Waals surface area contributed by atoms with Gasteiger partial charge in [0.05, 0.1) is 0 Å². The van der Waals surface area contributed by atoms with Crippen LogP contribution in [-0.2, 0) is 11.3 Å². The molecule has 5 nitrogen and oxygen atoms in total. The number of urea groups is 1. The van der Waals surface area contributed by atoms with E-state index in [0.29, 0.717) is 6.54 Å². The third-order valence-corrected chi connectivity index (χ3v) is 2.68. The van der Waals surface area contributed by atoms with Gasteiger partial charge in [0.25, 0.3) is 0 Å². The summed E-state index contributed by atoms with van der Waals surface area (Å²) < 4.78 is 0. The fraction of sp³-hybridized carbons (Fsp3) is 0.429.